The third-order valence-corrected chi connectivity index (χ3v) is 4.01. The summed E-state index contributed by atoms with van der Waals surface area (Å²) in [6.07, 6.45) is 1.23. The molecule has 128 valence electrons. The molecule has 1 rings (SSSR count). The van der Waals surface area contributed by atoms with Gasteiger partial charge < -0.3 is 20.3 Å². The molecule has 1 saturated heterocycles. The van der Waals surface area contributed by atoms with E-state index in [4.69, 9.17) is 10.5 Å². The molecule has 0 bridgehead atoms. The first-order valence-corrected chi connectivity index (χ1v) is 8.03. The maximum Gasteiger partial charge on any atom is 0.410 e. The van der Waals surface area contributed by atoms with Gasteiger partial charge in [0.2, 0.25) is 5.91 Å². The molecule has 1 aliphatic rings. The molecular formula is C16H31N3O3. The van der Waals surface area contributed by atoms with Gasteiger partial charge in [0.25, 0.3) is 0 Å². The Labute approximate surface area is 134 Å². The van der Waals surface area contributed by atoms with Gasteiger partial charge in [0.15, 0.2) is 0 Å². The van der Waals surface area contributed by atoms with Gasteiger partial charge in [-0.05, 0) is 39.5 Å². The fraction of sp³-hybridized carbons (Fsp3) is 0.875. The molecule has 0 radical (unpaired) electrons. The largest absolute Gasteiger partial charge is 0.444 e. The van der Waals surface area contributed by atoms with Gasteiger partial charge in [-0.1, -0.05) is 13.8 Å². The molecule has 0 aromatic carbocycles. The molecule has 6 nitrogen and oxygen atoms in total. The summed E-state index contributed by atoms with van der Waals surface area (Å²) in [7, 11) is 1.80. The minimum Gasteiger partial charge on any atom is -0.444 e. The number of carbonyl (C=O) groups excluding carboxylic acids is 2. The maximum absolute atomic E-state index is 12.3. The maximum atomic E-state index is 12.3. The van der Waals surface area contributed by atoms with Crippen LogP contribution in [0.4, 0.5) is 4.79 Å². The van der Waals surface area contributed by atoms with Gasteiger partial charge in [0, 0.05) is 26.2 Å². The van der Waals surface area contributed by atoms with Crippen molar-refractivity contribution in [2.45, 2.75) is 65.1 Å². The minimum atomic E-state index is -0.481. The lowest BCUT2D eigenvalue weighted by atomic mass is 10.00. The molecule has 0 aromatic rings. The second-order valence-electron chi connectivity index (χ2n) is 7.42. The van der Waals surface area contributed by atoms with Crippen molar-refractivity contribution in [3.8, 4) is 0 Å². The number of likely N-dealkylation sites (tertiary alicyclic amines) is 1. The quantitative estimate of drug-likeness (QED) is 0.862. The van der Waals surface area contributed by atoms with Crippen LogP contribution in [0.3, 0.4) is 0 Å². The monoisotopic (exact) mass is 313 g/mol. The SMILES string of the molecule is CC(C)[C@H](N)C(=O)N(C)C1CCN(C(=O)OC(C)(C)C)CC1. The van der Waals surface area contributed by atoms with Crippen LogP contribution in [0.15, 0.2) is 0 Å². The first-order valence-electron chi connectivity index (χ1n) is 8.03. The standard InChI is InChI=1S/C16H31N3O3/c1-11(2)13(17)14(20)18(6)12-7-9-19(10-8-12)15(21)22-16(3,4)5/h11-13H,7-10,17H2,1-6H3/t13-/m0/s1. The van der Waals surface area contributed by atoms with Crippen molar-refractivity contribution in [3.63, 3.8) is 0 Å². The summed E-state index contributed by atoms with van der Waals surface area (Å²) in [5.74, 6) is 0.0996. The smallest absolute Gasteiger partial charge is 0.410 e. The Bertz CT molecular complexity index is 396. The van der Waals surface area contributed by atoms with Gasteiger partial charge in [-0.25, -0.2) is 4.79 Å². The molecule has 0 spiro atoms. The number of piperidine rings is 1. The molecule has 0 saturated carbocycles. The lowest BCUT2D eigenvalue weighted by molar-refractivity contribution is -0.135. The van der Waals surface area contributed by atoms with Crippen LogP contribution >= 0.6 is 0 Å². The second-order valence-corrected chi connectivity index (χ2v) is 7.42. The predicted octanol–water partition coefficient (Wildman–Crippen LogP) is 1.83. The van der Waals surface area contributed by atoms with Crippen LogP contribution in [-0.2, 0) is 9.53 Å². The van der Waals surface area contributed by atoms with E-state index >= 15 is 0 Å². The van der Waals surface area contributed by atoms with Gasteiger partial charge in [-0.3, -0.25) is 4.79 Å². The van der Waals surface area contributed by atoms with E-state index < -0.39 is 11.6 Å². The summed E-state index contributed by atoms with van der Waals surface area (Å²) >= 11 is 0. The summed E-state index contributed by atoms with van der Waals surface area (Å²) in [6, 6.07) is -0.329. The number of nitrogens with zero attached hydrogens (tertiary/aromatic N) is 2. The third-order valence-electron chi connectivity index (χ3n) is 4.01. The van der Waals surface area contributed by atoms with Crippen LogP contribution in [0, 0.1) is 5.92 Å². The highest BCUT2D eigenvalue weighted by Gasteiger charge is 2.31. The Kier molecular flexibility index (Phi) is 6.23. The molecule has 0 aromatic heterocycles. The summed E-state index contributed by atoms with van der Waals surface area (Å²) in [6.45, 7) is 10.7. The molecule has 22 heavy (non-hydrogen) atoms. The van der Waals surface area contributed by atoms with Gasteiger partial charge in [0.05, 0.1) is 6.04 Å². The van der Waals surface area contributed by atoms with E-state index in [-0.39, 0.29) is 24.0 Å². The van der Waals surface area contributed by atoms with Crippen LogP contribution in [-0.4, -0.2) is 59.6 Å². The number of hydrogen-bond donors (Lipinski definition) is 1. The molecule has 1 atom stereocenters. The Morgan fingerprint density at radius 3 is 2.14 bits per heavy atom. The van der Waals surface area contributed by atoms with Gasteiger partial charge >= 0.3 is 6.09 Å². The molecule has 1 heterocycles. The molecule has 2 N–H and O–H groups in total. The Hall–Kier alpha value is -1.30. The van der Waals surface area contributed by atoms with E-state index in [1.54, 1.807) is 16.8 Å². The van der Waals surface area contributed by atoms with Crippen LogP contribution in [0.5, 0.6) is 0 Å². The highest BCUT2D eigenvalue weighted by atomic mass is 16.6. The van der Waals surface area contributed by atoms with E-state index in [0.717, 1.165) is 12.8 Å². The van der Waals surface area contributed by atoms with Gasteiger partial charge in [-0.15, -0.1) is 0 Å². The summed E-state index contributed by atoms with van der Waals surface area (Å²) in [5.41, 5.74) is 5.46. The summed E-state index contributed by atoms with van der Waals surface area (Å²) in [5, 5.41) is 0. The first kappa shape index (κ1) is 18.7. The normalized spacial score (nSPS) is 18.3. The third kappa shape index (κ3) is 5.16. The lowest BCUT2D eigenvalue weighted by Gasteiger charge is -2.38. The number of nitrogens with two attached hydrogens (primary N) is 1. The molecule has 1 fully saturated rings. The zero-order valence-corrected chi connectivity index (χ0v) is 14.8. The molecule has 0 aliphatic carbocycles. The second kappa shape index (κ2) is 7.31. The molecule has 1 aliphatic heterocycles. The highest BCUT2D eigenvalue weighted by molar-refractivity contribution is 5.82. The summed E-state index contributed by atoms with van der Waals surface area (Å²) in [4.78, 5) is 27.8. The van der Waals surface area contributed by atoms with E-state index in [1.807, 2.05) is 34.6 Å². The van der Waals surface area contributed by atoms with Crippen molar-refractivity contribution < 1.29 is 14.3 Å². The van der Waals surface area contributed by atoms with Gasteiger partial charge in [-0.2, -0.15) is 0 Å². The van der Waals surface area contributed by atoms with Crippen LogP contribution in [0.25, 0.3) is 0 Å². The van der Waals surface area contributed by atoms with Crippen molar-refractivity contribution in [2.24, 2.45) is 11.7 Å². The van der Waals surface area contributed by atoms with Crippen molar-refractivity contribution >= 4 is 12.0 Å². The van der Waals surface area contributed by atoms with Crippen molar-refractivity contribution in [3.05, 3.63) is 0 Å². The number of ether oxygens (including phenoxy) is 1. The van der Waals surface area contributed by atoms with Gasteiger partial charge in [0.1, 0.15) is 5.60 Å². The average molecular weight is 313 g/mol. The Balaban J connectivity index is 2.51. The van der Waals surface area contributed by atoms with E-state index in [0.29, 0.717) is 13.1 Å². The number of rotatable bonds is 3. The van der Waals surface area contributed by atoms with E-state index in [1.165, 1.54) is 0 Å². The van der Waals surface area contributed by atoms with Crippen LogP contribution < -0.4 is 5.73 Å². The summed E-state index contributed by atoms with van der Waals surface area (Å²) < 4.78 is 5.38. The van der Waals surface area contributed by atoms with E-state index in [9.17, 15) is 9.59 Å². The zero-order chi connectivity index (χ0) is 17.1. The Morgan fingerprint density at radius 2 is 1.73 bits per heavy atom. The van der Waals surface area contributed by atoms with Crippen LogP contribution in [0.1, 0.15) is 47.5 Å². The minimum absolute atomic E-state index is 0.0225. The highest BCUT2D eigenvalue weighted by Crippen LogP contribution is 2.19. The predicted molar refractivity (Wildman–Crippen MR) is 86.4 cm³/mol. The fourth-order valence-electron chi connectivity index (χ4n) is 2.46. The number of hydrogen-bond acceptors (Lipinski definition) is 4. The first-order chi connectivity index (χ1) is 10.0. The number of amides is 2. The lowest BCUT2D eigenvalue weighted by Crippen LogP contribution is -2.52. The zero-order valence-electron chi connectivity index (χ0n) is 14.8. The number of likely N-dealkylation sites (N-methyl/N-ethyl adjacent to an activating group) is 1. The topological polar surface area (TPSA) is 75.9 Å². The van der Waals surface area contributed by atoms with Crippen molar-refractivity contribution in [1.29, 1.82) is 0 Å². The van der Waals surface area contributed by atoms with E-state index in [2.05, 4.69) is 0 Å². The molecule has 2 amide bonds. The molecular weight excluding hydrogens is 282 g/mol. The average Bonchev–Trinajstić information content (AvgIpc) is 2.43. The fourth-order valence-corrected chi connectivity index (χ4v) is 2.46. The van der Waals surface area contributed by atoms with Crippen molar-refractivity contribution in [1.82, 2.24) is 9.80 Å². The number of carbonyl (C=O) groups is 2. The Morgan fingerprint density at radius 1 is 1.23 bits per heavy atom. The molecule has 0 unspecified atom stereocenters. The van der Waals surface area contributed by atoms with Crippen LogP contribution in [0.2, 0.25) is 0 Å². The van der Waals surface area contributed by atoms with Crippen molar-refractivity contribution in [2.75, 3.05) is 20.1 Å². The molecule has 6 heteroatoms.